The standard InChI is InChI=1S/C18H17N3O2/c1-11-6-7-15-16(18(23)21-17(15)8-11)10-19-13-4-3-5-14(9-13)20-12(2)22/h3-10,21,23H,1-2H3,(H,20,22). The van der Waals surface area contributed by atoms with Crippen LogP contribution in [0.5, 0.6) is 5.88 Å². The molecule has 3 N–H and O–H groups in total. The van der Waals surface area contributed by atoms with Crippen LogP contribution < -0.4 is 5.32 Å². The summed E-state index contributed by atoms with van der Waals surface area (Å²) >= 11 is 0. The van der Waals surface area contributed by atoms with Crippen LogP contribution in [0.2, 0.25) is 0 Å². The smallest absolute Gasteiger partial charge is 0.221 e. The highest BCUT2D eigenvalue weighted by molar-refractivity contribution is 6.02. The van der Waals surface area contributed by atoms with Gasteiger partial charge in [0.25, 0.3) is 0 Å². The molecule has 23 heavy (non-hydrogen) atoms. The zero-order chi connectivity index (χ0) is 16.4. The van der Waals surface area contributed by atoms with Crippen LogP contribution in [0, 0.1) is 6.92 Å². The van der Waals surface area contributed by atoms with Gasteiger partial charge >= 0.3 is 0 Å². The molecular formula is C18H17N3O2. The van der Waals surface area contributed by atoms with Crippen LogP contribution >= 0.6 is 0 Å². The van der Waals surface area contributed by atoms with Gasteiger partial charge in [0, 0.05) is 29.7 Å². The number of H-pyrrole nitrogens is 1. The van der Waals surface area contributed by atoms with E-state index in [2.05, 4.69) is 15.3 Å². The average molecular weight is 307 g/mol. The van der Waals surface area contributed by atoms with Crippen molar-refractivity contribution in [3.8, 4) is 5.88 Å². The van der Waals surface area contributed by atoms with Gasteiger partial charge in [-0.3, -0.25) is 9.79 Å². The highest BCUT2D eigenvalue weighted by Gasteiger charge is 2.08. The summed E-state index contributed by atoms with van der Waals surface area (Å²) in [7, 11) is 0. The largest absolute Gasteiger partial charge is 0.494 e. The highest BCUT2D eigenvalue weighted by Crippen LogP contribution is 2.27. The first kappa shape index (κ1) is 14.8. The van der Waals surface area contributed by atoms with Crippen molar-refractivity contribution in [2.45, 2.75) is 13.8 Å². The number of hydrogen-bond acceptors (Lipinski definition) is 3. The van der Waals surface area contributed by atoms with Gasteiger partial charge in [-0.05, 0) is 36.8 Å². The molecule has 0 aliphatic rings. The predicted molar refractivity (Wildman–Crippen MR) is 92.7 cm³/mol. The van der Waals surface area contributed by atoms with Gasteiger partial charge in [-0.1, -0.05) is 18.2 Å². The molecule has 0 unspecified atom stereocenters. The van der Waals surface area contributed by atoms with Gasteiger partial charge in [-0.2, -0.15) is 0 Å². The molecule has 0 fully saturated rings. The molecule has 0 bridgehead atoms. The summed E-state index contributed by atoms with van der Waals surface area (Å²) < 4.78 is 0. The number of nitrogens with zero attached hydrogens (tertiary/aromatic N) is 1. The number of aromatic nitrogens is 1. The second kappa shape index (κ2) is 5.96. The fourth-order valence-corrected chi connectivity index (χ4v) is 2.46. The highest BCUT2D eigenvalue weighted by atomic mass is 16.3. The van der Waals surface area contributed by atoms with Gasteiger partial charge in [-0.15, -0.1) is 0 Å². The Balaban J connectivity index is 1.94. The van der Waals surface area contributed by atoms with Crippen molar-refractivity contribution in [2.75, 3.05) is 5.32 Å². The van der Waals surface area contributed by atoms with Gasteiger partial charge in [0.05, 0.1) is 11.3 Å². The second-order valence-corrected chi connectivity index (χ2v) is 5.43. The van der Waals surface area contributed by atoms with Gasteiger partial charge < -0.3 is 15.4 Å². The Morgan fingerprint density at radius 1 is 1.26 bits per heavy atom. The van der Waals surface area contributed by atoms with Gasteiger partial charge in [0.1, 0.15) is 0 Å². The van der Waals surface area contributed by atoms with E-state index in [-0.39, 0.29) is 11.8 Å². The zero-order valence-corrected chi connectivity index (χ0v) is 12.9. The molecule has 2 aromatic carbocycles. The summed E-state index contributed by atoms with van der Waals surface area (Å²) in [6.45, 7) is 3.46. The number of carbonyl (C=O) groups is 1. The maximum atomic E-state index is 11.1. The van der Waals surface area contributed by atoms with E-state index in [1.165, 1.54) is 6.92 Å². The number of nitrogens with one attached hydrogen (secondary N) is 2. The van der Waals surface area contributed by atoms with Crippen molar-refractivity contribution in [3.05, 3.63) is 53.6 Å². The molecule has 0 aliphatic carbocycles. The molecular weight excluding hydrogens is 290 g/mol. The molecule has 3 rings (SSSR count). The monoisotopic (exact) mass is 307 g/mol. The average Bonchev–Trinajstić information content (AvgIpc) is 2.79. The Morgan fingerprint density at radius 3 is 2.87 bits per heavy atom. The maximum absolute atomic E-state index is 11.1. The Labute approximate surface area is 133 Å². The van der Waals surface area contributed by atoms with Crippen molar-refractivity contribution in [1.82, 2.24) is 4.98 Å². The Morgan fingerprint density at radius 2 is 2.09 bits per heavy atom. The van der Waals surface area contributed by atoms with E-state index in [9.17, 15) is 9.90 Å². The number of aromatic amines is 1. The van der Waals surface area contributed by atoms with Crippen LogP contribution in [0.15, 0.2) is 47.5 Å². The van der Waals surface area contributed by atoms with E-state index in [1.54, 1.807) is 18.3 Å². The molecule has 5 heteroatoms. The summed E-state index contributed by atoms with van der Waals surface area (Å²) in [5, 5.41) is 13.7. The number of anilines is 1. The number of aliphatic imine (C=N–C) groups is 1. The maximum Gasteiger partial charge on any atom is 0.221 e. The van der Waals surface area contributed by atoms with Crippen LogP contribution in [0.4, 0.5) is 11.4 Å². The van der Waals surface area contributed by atoms with Gasteiger partial charge in [0.2, 0.25) is 5.91 Å². The Hall–Kier alpha value is -3.08. The van der Waals surface area contributed by atoms with Gasteiger partial charge in [0.15, 0.2) is 5.88 Å². The zero-order valence-electron chi connectivity index (χ0n) is 12.9. The molecule has 116 valence electrons. The van der Waals surface area contributed by atoms with Crippen LogP contribution in [-0.2, 0) is 4.79 Å². The fraction of sp³-hybridized carbons (Fsp3) is 0.111. The molecule has 5 nitrogen and oxygen atoms in total. The van der Waals surface area contributed by atoms with E-state index in [1.807, 2.05) is 37.3 Å². The normalized spacial score (nSPS) is 11.2. The minimum atomic E-state index is -0.129. The summed E-state index contributed by atoms with van der Waals surface area (Å²) in [5.74, 6) is -0.0388. The topological polar surface area (TPSA) is 77.5 Å². The quantitative estimate of drug-likeness (QED) is 0.642. The summed E-state index contributed by atoms with van der Waals surface area (Å²) in [4.78, 5) is 18.4. The number of hydrogen-bond donors (Lipinski definition) is 3. The fourth-order valence-electron chi connectivity index (χ4n) is 2.46. The summed E-state index contributed by atoms with van der Waals surface area (Å²) in [6, 6.07) is 13.1. The van der Waals surface area contributed by atoms with E-state index < -0.39 is 0 Å². The van der Waals surface area contributed by atoms with Crippen molar-refractivity contribution in [3.63, 3.8) is 0 Å². The molecule has 0 saturated heterocycles. The van der Waals surface area contributed by atoms with E-state index in [0.29, 0.717) is 16.9 Å². The third-order valence-corrected chi connectivity index (χ3v) is 3.48. The molecule has 0 aliphatic heterocycles. The summed E-state index contributed by atoms with van der Waals surface area (Å²) in [6.07, 6.45) is 1.62. The first-order chi connectivity index (χ1) is 11.0. The van der Waals surface area contributed by atoms with Gasteiger partial charge in [-0.25, -0.2) is 0 Å². The van der Waals surface area contributed by atoms with Crippen LogP contribution in [0.25, 0.3) is 10.9 Å². The summed E-state index contributed by atoms with van der Waals surface area (Å²) in [5.41, 5.74) is 4.01. The lowest BCUT2D eigenvalue weighted by Gasteiger charge is -2.02. The first-order valence-corrected chi connectivity index (χ1v) is 7.26. The van der Waals surface area contributed by atoms with Crippen LogP contribution in [0.1, 0.15) is 18.1 Å². The lowest BCUT2D eigenvalue weighted by molar-refractivity contribution is -0.114. The van der Waals surface area contributed by atoms with Crippen LogP contribution in [-0.4, -0.2) is 22.2 Å². The number of fused-ring (bicyclic) bond motifs is 1. The Bertz CT molecular complexity index is 910. The minimum Gasteiger partial charge on any atom is -0.494 e. The van der Waals surface area contributed by atoms with Crippen LogP contribution in [0.3, 0.4) is 0 Å². The number of amides is 1. The third-order valence-electron chi connectivity index (χ3n) is 3.48. The van der Waals surface area contributed by atoms with Crippen molar-refractivity contribution in [2.24, 2.45) is 4.99 Å². The predicted octanol–water partition coefficient (Wildman–Crippen LogP) is 3.89. The molecule has 0 spiro atoms. The molecule has 1 aromatic heterocycles. The SMILES string of the molecule is CC(=O)Nc1cccc(N=Cc2c(O)[nH]c3cc(C)ccc23)c1. The van der Waals surface area contributed by atoms with E-state index in [0.717, 1.165) is 16.5 Å². The number of aryl methyl sites for hydroxylation is 1. The second-order valence-electron chi connectivity index (χ2n) is 5.43. The molecule has 3 aromatic rings. The molecule has 0 saturated carbocycles. The number of rotatable bonds is 3. The lowest BCUT2D eigenvalue weighted by atomic mass is 10.1. The Kier molecular flexibility index (Phi) is 3.85. The molecule has 1 heterocycles. The minimum absolute atomic E-state index is 0.0902. The number of aromatic hydroxyl groups is 1. The van der Waals surface area contributed by atoms with E-state index in [4.69, 9.17) is 0 Å². The molecule has 0 radical (unpaired) electrons. The first-order valence-electron chi connectivity index (χ1n) is 7.26. The van der Waals surface area contributed by atoms with Crippen molar-refractivity contribution >= 4 is 34.4 Å². The molecule has 1 amide bonds. The molecule has 0 atom stereocenters. The van der Waals surface area contributed by atoms with E-state index >= 15 is 0 Å². The third kappa shape index (κ3) is 3.23. The lowest BCUT2D eigenvalue weighted by Crippen LogP contribution is -2.05. The van der Waals surface area contributed by atoms with Crippen molar-refractivity contribution in [1.29, 1.82) is 0 Å². The number of benzene rings is 2. The van der Waals surface area contributed by atoms with Crippen molar-refractivity contribution < 1.29 is 9.90 Å². The number of carbonyl (C=O) groups excluding carboxylic acids is 1.